The number of aliphatic hydroxyl groups excluding tert-OH is 8. The van der Waals surface area contributed by atoms with Gasteiger partial charge in [-0.05, 0) is 44.9 Å². The van der Waals surface area contributed by atoms with E-state index in [4.69, 9.17) is 18.9 Å². The lowest BCUT2D eigenvalue weighted by atomic mass is 9.97. The maximum atomic E-state index is 13.0. The number of allylic oxidation sites excluding steroid dienone is 5. The van der Waals surface area contributed by atoms with Gasteiger partial charge in [0.25, 0.3) is 0 Å². The number of hydrogen-bond acceptors (Lipinski definition) is 13. The van der Waals surface area contributed by atoms with Crippen LogP contribution in [0.3, 0.4) is 0 Å². The first-order chi connectivity index (χ1) is 29.6. The average Bonchev–Trinajstić information content (AvgIpc) is 3.26. The number of rotatable bonds is 35. The normalized spacial score (nSPS) is 28.3. The van der Waals surface area contributed by atoms with Gasteiger partial charge in [0.15, 0.2) is 12.6 Å². The molecule has 0 spiro atoms. The molecule has 2 aliphatic heterocycles. The molecule has 2 saturated heterocycles. The van der Waals surface area contributed by atoms with Crippen molar-refractivity contribution in [2.75, 3.05) is 19.8 Å². The highest BCUT2D eigenvalue weighted by atomic mass is 16.7. The summed E-state index contributed by atoms with van der Waals surface area (Å²) in [7, 11) is 0. The van der Waals surface area contributed by atoms with E-state index in [0.717, 1.165) is 57.8 Å². The van der Waals surface area contributed by atoms with Crippen molar-refractivity contribution in [1.29, 1.82) is 0 Å². The molecule has 2 aliphatic rings. The van der Waals surface area contributed by atoms with Crippen molar-refractivity contribution in [1.82, 2.24) is 5.32 Å². The van der Waals surface area contributed by atoms with Crippen LogP contribution in [0, 0.1) is 0 Å². The van der Waals surface area contributed by atoms with Crippen LogP contribution in [0.1, 0.15) is 162 Å². The minimum atomic E-state index is -1.79. The molecule has 0 radical (unpaired) electrons. The molecule has 356 valence electrons. The van der Waals surface area contributed by atoms with E-state index in [-0.39, 0.29) is 18.9 Å². The minimum Gasteiger partial charge on any atom is -0.394 e. The quantitative estimate of drug-likeness (QED) is 0.0297. The molecule has 0 aliphatic carbocycles. The van der Waals surface area contributed by atoms with Crippen LogP contribution in [-0.4, -0.2) is 140 Å². The summed E-state index contributed by atoms with van der Waals surface area (Å²) < 4.78 is 22.5. The molecule has 2 heterocycles. The summed E-state index contributed by atoms with van der Waals surface area (Å²) in [6, 6.07) is -0.931. The van der Waals surface area contributed by atoms with Crippen LogP contribution in [0.5, 0.6) is 0 Å². The summed E-state index contributed by atoms with van der Waals surface area (Å²) in [6.45, 7) is 2.66. The second-order valence-corrected chi connectivity index (χ2v) is 16.9. The van der Waals surface area contributed by atoms with Gasteiger partial charge in [-0.1, -0.05) is 147 Å². The molecular formula is C47H85NO13. The number of ether oxygens (including phenoxy) is 4. The van der Waals surface area contributed by atoms with Crippen LogP contribution in [0.2, 0.25) is 0 Å². The molecule has 0 aromatic heterocycles. The van der Waals surface area contributed by atoms with Crippen LogP contribution < -0.4 is 5.32 Å². The number of carbonyl (C=O) groups excluding carboxylic acids is 1. The van der Waals surface area contributed by atoms with Crippen LogP contribution in [0.25, 0.3) is 0 Å². The fraction of sp³-hybridized carbons (Fsp3) is 0.851. The molecule has 0 aromatic carbocycles. The third-order valence-electron chi connectivity index (χ3n) is 11.6. The van der Waals surface area contributed by atoms with Gasteiger partial charge < -0.3 is 65.1 Å². The number of hydrogen-bond donors (Lipinski definition) is 9. The zero-order chi connectivity index (χ0) is 44.7. The highest BCUT2D eigenvalue weighted by Crippen LogP contribution is 2.30. The van der Waals surface area contributed by atoms with E-state index in [0.29, 0.717) is 12.8 Å². The lowest BCUT2D eigenvalue weighted by Gasteiger charge is -2.46. The van der Waals surface area contributed by atoms with Crippen LogP contribution in [-0.2, 0) is 23.7 Å². The summed E-state index contributed by atoms with van der Waals surface area (Å²) in [5.41, 5.74) is 0. The number of aliphatic hydroxyl groups is 8. The van der Waals surface area contributed by atoms with Gasteiger partial charge >= 0.3 is 0 Å². The Kier molecular flexibility index (Phi) is 31.4. The Morgan fingerprint density at radius 3 is 1.61 bits per heavy atom. The number of amides is 1. The molecule has 61 heavy (non-hydrogen) atoms. The van der Waals surface area contributed by atoms with E-state index >= 15 is 0 Å². The molecule has 12 unspecified atom stereocenters. The molecular weight excluding hydrogens is 787 g/mol. The number of nitrogens with one attached hydrogen (secondary N) is 1. The van der Waals surface area contributed by atoms with Crippen molar-refractivity contribution in [3.05, 3.63) is 36.5 Å². The Balaban J connectivity index is 1.83. The predicted molar refractivity (Wildman–Crippen MR) is 235 cm³/mol. The zero-order valence-electron chi connectivity index (χ0n) is 37.4. The van der Waals surface area contributed by atoms with Crippen molar-refractivity contribution < 1.29 is 64.6 Å². The fourth-order valence-corrected chi connectivity index (χ4v) is 7.61. The molecule has 2 rings (SSSR count). The molecule has 9 N–H and O–H groups in total. The second-order valence-electron chi connectivity index (χ2n) is 16.9. The van der Waals surface area contributed by atoms with Crippen LogP contribution in [0.4, 0.5) is 0 Å². The van der Waals surface area contributed by atoms with E-state index in [2.05, 4.69) is 43.5 Å². The van der Waals surface area contributed by atoms with Gasteiger partial charge in [0.05, 0.1) is 32.0 Å². The summed E-state index contributed by atoms with van der Waals surface area (Å²) >= 11 is 0. The first kappa shape index (κ1) is 55.3. The summed E-state index contributed by atoms with van der Waals surface area (Å²) in [4.78, 5) is 13.0. The Morgan fingerprint density at radius 1 is 0.574 bits per heavy atom. The van der Waals surface area contributed by atoms with Gasteiger partial charge in [0.2, 0.25) is 5.91 Å². The third kappa shape index (κ3) is 22.6. The van der Waals surface area contributed by atoms with Crippen molar-refractivity contribution in [2.24, 2.45) is 0 Å². The van der Waals surface area contributed by atoms with Gasteiger partial charge in [0, 0.05) is 6.42 Å². The van der Waals surface area contributed by atoms with Crippen molar-refractivity contribution in [3.8, 4) is 0 Å². The number of unbranched alkanes of at least 4 members (excludes halogenated alkanes) is 18. The Labute approximate surface area is 366 Å². The zero-order valence-corrected chi connectivity index (χ0v) is 37.4. The first-order valence-electron chi connectivity index (χ1n) is 23.7. The topological polar surface area (TPSA) is 228 Å². The Morgan fingerprint density at radius 2 is 1.05 bits per heavy atom. The van der Waals surface area contributed by atoms with E-state index in [1.165, 1.54) is 70.6 Å². The van der Waals surface area contributed by atoms with Crippen LogP contribution in [0.15, 0.2) is 36.5 Å². The van der Waals surface area contributed by atoms with E-state index < -0.39 is 86.8 Å². The lowest BCUT2D eigenvalue weighted by Crippen LogP contribution is -2.65. The average molecular weight is 872 g/mol. The number of carbonyl (C=O) groups is 1. The van der Waals surface area contributed by atoms with Gasteiger partial charge in [-0.15, -0.1) is 0 Å². The molecule has 0 saturated carbocycles. The maximum Gasteiger partial charge on any atom is 0.220 e. The van der Waals surface area contributed by atoms with Crippen LogP contribution >= 0.6 is 0 Å². The molecule has 2 fully saturated rings. The first-order valence-corrected chi connectivity index (χ1v) is 23.7. The van der Waals surface area contributed by atoms with E-state index in [1.54, 1.807) is 6.08 Å². The van der Waals surface area contributed by atoms with Gasteiger partial charge in [-0.3, -0.25) is 4.79 Å². The SMILES string of the molecule is CCCCCCCCCCCCC/C=C/CC/C=C/CC/C=C/C(O)C(COC1OC(CO)C(OC2OC(CO)C(O)C(O)C2O)C(O)C1O)NC(=O)CCCCCCCC. The molecule has 0 aromatic rings. The Bertz CT molecular complexity index is 1170. The Hall–Kier alpha value is -1.79. The smallest absolute Gasteiger partial charge is 0.220 e. The highest BCUT2D eigenvalue weighted by Gasteiger charge is 2.50. The molecule has 14 nitrogen and oxygen atoms in total. The van der Waals surface area contributed by atoms with Crippen molar-refractivity contribution in [3.63, 3.8) is 0 Å². The largest absolute Gasteiger partial charge is 0.394 e. The third-order valence-corrected chi connectivity index (χ3v) is 11.6. The fourth-order valence-electron chi connectivity index (χ4n) is 7.61. The van der Waals surface area contributed by atoms with E-state index in [1.807, 2.05) is 6.08 Å². The van der Waals surface area contributed by atoms with Gasteiger partial charge in [-0.2, -0.15) is 0 Å². The monoisotopic (exact) mass is 872 g/mol. The van der Waals surface area contributed by atoms with Crippen molar-refractivity contribution >= 4 is 5.91 Å². The minimum absolute atomic E-state index is 0.265. The second kappa shape index (κ2) is 34.6. The van der Waals surface area contributed by atoms with E-state index in [9.17, 15) is 45.6 Å². The van der Waals surface area contributed by atoms with Crippen molar-refractivity contribution in [2.45, 2.75) is 235 Å². The van der Waals surface area contributed by atoms with Gasteiger partial charge in [-0.25, -0.2) is 0 Å². The molecule has 14 heteroatoms. The summed E-state index contributed by atoms with van der Waals surface area (Å²) in [6.07, 6.45) is 21.0. The molecule has 0 bridgehead atoms. The van der Waals surface area contributed by atoms with Gasteiger partial charge in [0.1, 0.15) is 48.8 Å². The maximum absolute atomic E-state index is 13.0. The lowest BCUT2D eigenvalue weighted by molar-refractivity contribution is -0.359. The molecule has 1 amide bonds. The predicted octanol–water partition coefficient (Wildman–Crippen LogP) is 5.15. The molecule has 12 atom stereocenters. The standard InChI is InChI=1S/C47H85NO13/c1-3-5-7-9-11-12-13-14-15-16-17-18-19-20-21-22-23-24-25-26-28-30-36(51)35(48-39(52)31-29-27-10-8-6-4-2)34-58-46-44(57)42(55)45(38(33-50)60-46)61-47-43(56)41(54)40(53)37(32-49)59-47/h19-20,23-24,28,30,35-38,40-47,49-51,53-57H,3-18,21-22,25-27,29,31-34H2,1-2H3,(H,48,52)/b20-19+,24-23+,30-28+. The highest BCUT2D eigenvalue weighted by molar-refractivity contribution is 5.76. The summed E-state index contributed by atoms with van der Waals surface area (Å²) in [5, 5.41) is 86.2. The summed E-state index contributed by atoms with van der Waals surface area (Å²) in [5.74, 6) is -0.265.